The van der Waals surface area contributed by atoms with Gasteiger partial charge in [0.05, 0.1) is 6.54 Å². The molecule has 0 aromatic heterocycles. The molecule has 1 aliphatic carbocycles. The number of hydrogen-bond donors (Lipinski definition) is 3. The Morgan fingerprint density at radius 1 is 0.824 bits per heavy atom. The molecule has 4 rings (SSSR count). The zero-order valence-corrected chi connectivity index (χ0v) is 19.2. The lowest BCUT2D eigenvalue weighted by molar-refractivity contribution is -0.117. The number of nitrogens with one attached hydrogen (secondary N) is 3. The summed E-state index contributed by atoms with van der Waals surface area (Å²) in [5, 5.41) is 8.98. The zero-order valence-electron chi connectivity index (χ0n) is 19.2. The van der Waals surface area contributed by atoms with Gasteiger partial charge in [-0.15, -0.1) is 0 Å². The smallest absolute Gasteiger partial charge is 0.243 e. The molecule has 0 spiro atoms. The van der Waals surface area contributed by atoms with E-state index in [0.717, 1.165) is 35.5 Å². The molecule has 0 aliphatic heterocycles. The molecule has 0 atom stereocenters. The quantitative estimate of drug-likeness (QED) is 0.357. The summed E-state index contributed by atoms with van der Waals surface area (Å²) in [6.45, 7) is 2.82. The van der Waals surface area contributed by atoms with Gasteiger partial charge in [0.15, 0.2) is 0 Å². The average molecular weight is 460 g/mol. The Balaban J connectivity index is 1.23. The van der Waals surface area contributed by atoms with Gasteiger partial charge in [-0.3, -0.25) is 9.59 Å². The summed E-state index contributed by atoms with van der Waals surface area (Å²) in [6, 6.07) is 22.5. The van der Waals surface area contributed by atoms with Crippen molar-refractivity contribution in [2.24, 2.45) is 5.92 Å². The highest BCUT2D eigenvalue weighted by molar-refractivity contribution is 5.98. The van der Waals surface area contributed by atoms with Crippen LogP contribution in [0.5, 0.6) is 11.5 Å². The van der Waals surface area contributed by atoms with Crippen LogP contribution < -0.4 is 25.4 Å². The van der Waals surface area contributed by atoms with Crippen molar-refractivity contribution in [3.05, 3.63) is 78.4 Å². The van der Waals surface area contributed by atoms with Crippen molar-refractivity contribution in [3.63, 3.8) is 0 Å². The molecule has 0 radical (unpaired) electrons. The second-order valence-corrected chi connectivity index (χ2v) is 8.18. The lowest BCUT2D eigenvalue weighted by Gasteiger charge is -2.14. The van der Waals surface area contributed by atoms with Crippen molar-refractivity contribution < 1.29 is 19.1 Å². The minimum Gasteiger partial charge on any atom is -0.490 e. The molecule has 2 amide bonds. The van der Waals surface area contributed by atoms with Gasteiger partial charge in [0.2, 0.25) is 11.8 Å². The minimum absolute atomic E-state index is 0.0435. The molecule has 3 aromatic rings. The third-order valence-corrected chi connectivity index (χ3v) is 5.46. The molecule has 7 nitrogen and oxygen atoms in total. The standard InChI is InChI=1S/C27H29N3O4/c1-19-24(11-6-12-25(19)30-27(32)20-13-14-20)29-26(31)18-28-21-7-5-10-23(17-21)34-16-15-33-22-8-3-2-4-9-22/h2-12,17,20,28H,13-16,18H2,1H3,(H,29,31)(H,30,32). The van der Waals surface area contributed by atoms with Crippen LogP contribution in [0.1, 0.15) is 18.4 Å². The van der Waals surface area contributed by atoms with Gasteiger partial charge in [0.25, 0.3) is 0 Å². The summed E-state index contributed by atoms with van der Waals surface area (Å²) in [5.41, 5.74) is 3.01. The highest BCUT2D eigenvalue weighted by Gasteiger charge is 2.29. The summed E-state index contributed by atoms with van der Waals surface area (Å²) in [6.07, 6.45) is 1.89. The first-order chi connectivity index (χ1) is 16.6. The molecule has 0 heterocycles. The van der Waals surface area contributed by atoms with Crippen molar-refractivity contribution in [2.75, 3.05) is 35.7 Å². The summed E-state index contributed by atoms with van der Waals surface area (Å²) in [5.74, 6) is 1.48. The second kappa shape index (κ2) is 11.2. The van der Waals surface area contributed by atoms with Crippen LogP contribution >= 0.6 is 0 Å². The Morgan fingerprint density at radius 3 is 2.21 bits per heavy atom. The lowest BCUT2D eigenvalue weighted by atomic mass is 10.1. The Hall–Kier alpha value is -4.00. The van der Waals surface area contributed by atoms with E-state index in [9.17, 15) is 9.59 Å². The fraction of sp³-hybridized carbons (Fsp3) is 0.259. The Morgan fingerprint density at radius 2 is 1.47 bits per heavy atom. The molecule has 3 aromatic carbocycles. The van der Waals surface area contributed by atoms with Gasteiger partial charge in [-0.1, -0.05) is 30.3 Å². The van der Waals surface area contributed by atoms with E-state index in [4.69, 9.17) is 9.47 Å². The predicted molar refractivity (Wildman–Crippen MR) is 134 cm³/mol. The Labute approximate surface area is 199 Å². The molecule has 34 heavy (non-hydrogen) atoms. The van der Waals surface area contributed by atoms with Gasteiger partial charge in [-0.05, 0) is 61.7 Å². The van der Waals surface area contributed by atoms with Gasteiger partial charge in [-0.25, -0.2) is 0 Å². The molecular weight excluding hydrogens is 430 g/mol. The van der Waals surface area contributed by atoms with Crippen LogP contribution in [0.3, 0.4) is 0 Å². The number of benzene rings is 3. The van der Waals surface area contributed by atoms with Gasteiger partial charge >= 0.3 is 0 Å². The molecule has 0 saturated heterocycles. The number of hydrogen-bond acceptors (Lipinski definition) is 5. The molecule has 3 N–H and O–H groups in total. The Kier molecular flexibility index (Phi) is 7.65. The second-order valence-electron chi connectivity index (χ2n) is 8.18. The van der Waals surface area contributed by atoms with Crippen LogP contribution in [0, 0.1) is 12.8 Å². The maximum atomic E-state index is 12.5. The number of rotatable bonds is 11. The van der Waals surface area contributed by atoms with Crippen LogP contribution in [-0.4, -0.2) is 31.6 Å². The summed E-state index contributed by atoms with van der Waals surface area (Å²) >= 11 is 0. The van der Waals surface area contributed by atoms with Gasteiger partial charge in [-0.2, -0.15) is 0 Å². The van der Waals surface area contributed by atoms with Crippen LogP contribution in [-0.2, 0) is 9.59 Å². The van der Waals surface area contributed by atoms with Crippen molar-refractivity contribution in [2.45, 2.75) is 19.8 Å². The van der Waals surface area contributed by atoms with E-state index >= 15 is 0 Å². The summed E-state index contributed by atoms with van der Waals surface area (Å²) in [4.78, 5) is 24.6. The van der Waals surface area contributed by atoms with E-state index in [1.807, 2.05) is 79.7 Å². The molecular formula is C27H29N3O4. The molecule has 176 valence electrons. The number of carbonyl (C=O) groups excluding carboxylic acids is 2. The lowest BCUT2D eigenvalue weighted by Crippen LogP contribution is -2.22. The molecule has 1 aliphatic rings. The van der Waals surface area contributed by atoms with E-state index in [0.29, 0.717) is 24.7 Å². The highest BCUT2D eigenvalue weighted by Crippen LogP contribution is 2.31. The average Bonchev–Trinajstić information content (AvgIpc) is 3.70. The van der Waals surface area contributed by atoms with E-state index in [-0.39, 0.29) is 24.3 Å². The van der Waals surface area contributed by atoms with E-state index in [2.05, 4.69) is 16.0 Å². The van der Waals surface area contributed by atoms with Gasteiger partial charge in [0, 0.05) is 29.0 Å². The van der Waals surface area contributed by atoms with Gasteiger partial charge in [0.1, 0.15) is 24.7 Å². The van der Waals surface area contributed by atoms with Gasteiger partial charge < -0.3 is 25.4 Å². The highest BCUT2D eigenvalue weighted by atomic mass is 16.5. The number of ether oxygens (including phenoxy) is 2. The molecule has 7 heteroatoms. The van der Waals surface area contributed by atoms with Crippen molar-refractivity contribution in [1.82, 2.24) is 0 Å². The molecule has 1 saturated carbocycles. The van der Waals surface area contributed by atoms with Crippen LogP contribution in [0.2, 0.25) is 0 Å². The predicted octanol–water partition coefficient (Wildman–Crippen LogP) is 4.85. The normalized spacial score (nSPS) is 12.5. The number of carbonyl (C=O) groups is 2. The zero-order chi connectivity index (χ0) is 23.8. The Bertz CT molecular complexity index is 1130. The molecule has 1 fully saturated rings. The topological polar surface area (TPSA) is 88.7 Å². The first kappa shape index (κ1) is 23.2. The van der Waals surface area contributed by atoms with Crippen molar-refractivity contribution in [3.8, 4) is 11.5 Å². The molecule has 0 unspecified atom stereocenters. The maximum absolute atomic E-state index is 12.5. The SMILES string of the molecule is Cc1c(NC(=O)CNc2cccc(OCCOc3ccccc3)c2)cccc1NC(=O)C1CC1. The fourth-order valence-electron chi connectivity index (χ4n) is 3.40. The first-order valence-electron chi connectivity index (χ1n) is 11.4. The van der Waals surface area contributed by atoms with Crippen LogP contribution in [0.4, 0.5) is 17.1 Å². The van der Waals surface area contributed by atoms with Crippen LogP contribution in [0.15, 0.2) is 72.8 Å². The first-order valence-corrected chi connectivity index (χ1v) is 11.4. The maximum Gasteiger partial charge on any atom is 0.243 e. The monoisotopic (exact) mass is 459 g/mol. The number of para-hydroxylation sites is 1. The number of anilines is 3. The van der Waals surface area contributed by atoms with Crippen molar-refractivity contribution >= 4 is 28.9 Å². The number of amides is 2. The van der Waals surface area contributed by atoms with E-state index in [1.54, 1.807) is 0 Å². The summed E-state index contributed by atoms with van der Waals surface area (Å²) in [7, 11) is 0. The third-order valence-electron chi connectivity index (χ3n) is 5.46. The summed E-state index contributed by atoms with van der Waals surface area (Å²) < 4.78 is 11.4. The fourth-order valence-corrected chi connectivity index (χ4v) is 3.40. The van der Waals surface area contributed by atoms with E-state index < -0.39 is 0 Å². The third kappa shape index (κ3) is 6.75. The minimum atomic E-state index is -0.184. The van der Waals surface area contributed by atoms with E-state index in [1.165, 1.54) is 0 Å². The molecule has 0 bridgehead atoms. The van der Waals surface area contributed by atoms with Crippen LogP contribution in [0.25, 0.3) is 0 Å². The van der Waals surface area contributed by atoms with Crippen molar-refractivity contribution in [1.29, 1.82) is 0 Å². The largest absolute Gasteiger partial charge is 0.490 e.